The Bertz CT molecular complexity index is 1190. The summed E-state index contributed by atoms with van der Waals surface area (Å²) in [6, 6.07) is 17.1. The number of nitrogens with one attached hydrogen (secondary N) is 1. The molecule has 0 radical (unpaired) electrons. The number of pyridine rings is 2. The maximum atomic E-state index is 11.1. The van der Waals surface area contributed by atoms with Gasteiger partial charge in [-0.3, -0.25) is 4.98 Å². The van der Waals surface area contributed by atoms with Gasteiger partial charge in [-0.05, 0) is 42.8 Å². The number of aromatic nitrogens is 2. The van der Waals surface area contributed by atoms with Crippen molar-refractivity contribution in [1.82, 2.24) is 9.97 Å². The molecular weight excluding hydrogens is 366 g/mol. The Kier molecular flexibility index (Phi) is 4.17. The van der Waals surface area contributed by atoms with Crippen LogP contribution in [0, 0.1) is 6.92 Å². The van der Waals surface area contributed by atoms with Crippen molar-refractivity contribution in [3.63, 3.8) is 0 Å². The number of phenols is 1. The van der Waals surface area contributed by atoms with Crippen molar-refractivity contribution in [2.45, 2.75) is 13.0 Å². The molecule has 1 aliphatic rings. The zero-order valence-electron chi connectivity index (χ0n) is 15.8. The van der Waals surface area contributed by atoms with E-state index in [1.54, 1.807) is 12.4 Å². The third-order valence-corrected chi connectivity index (χ3v) is 5.04. The summed E-state index contributed by atoms with van der Waals surface area (Å²) in [6.45, 7) is 2.14. The minimum atomic E-state index is -0.301. The van der Waals surface area contributed by atoms with Crippen LogP contribution in [0.2, 0.25) is 0 Å². The third kappa shape index (κ3) is 3.18. The van der Waals surface area contributed by atoms with Crippen molar-refractivity contribution < 1.29 is 14.6 Å². The zero-order valence-corrected chi connectivity index (χ0v) is 15.8. The average Bonchev–Trinajstić information content (AvgIpc) is 3.22. The largest absolute Gasteiger partial charge is 0.505 e. The van der Waals surface area contributed by atoms with Crippen LogP contribution in [-0.2, 0) is 0 Å². The Labute approximate surface area is 167 Å². The van der Waals surface area contributed by atoms with Crippen LogP contribution in [0.3, 0.4) is 0 Å². The summed E-state index contributed by atoms with van der Waals surface area (Å²) in [5.74, 6) is 1.59. The molecule has 2 aromatic heterocycles. The number of rotatable bonds is 4. The number of hydrogen-bond donors (Lipinski definition) is 2. The van der Waals surface area contributed by atoms with Crippen LogP contribution in [-0.4, -0.2) is 21.9 Å². The second-order valence-electron chi connectivity index (χ2n) is 6.95. The first-order valence-electron chi connectivity index (χ1n) is 9.34. The second kappa shape index (κ2) is 6.98. The van der Waals surface area contributed by atoms with Crippen molar-refractivity contribution in [3.05, 3.63) is 83.8 Å². The summed E-state index contributed by atoms with van der Waals surface area (Å²) < 4.78 is 10.9. The summed E-state index contributed by atoms with van der Waals surface area (Å²) in [7, 11) is 0. The number of benzene rings is 2. The highest BCUT2D eigenvalue weighted by atomic mass is 16.7. The van der Waals surface area contributed by atoms with Crippen LogP contribution < -0.4 is 14.8 Å². The van der Waals surface area contributed by atoms with E-state index in [4.69, 9.17) is 9.47 Å². The number of fused-ring (bicyclic) bond motifs is 2. The Morgan fingerprint density at radius 1 is 0.966 bits per heavy atom. The standard InChI is InChI=1S/C23H19N3O3/c1-14-2-3-15-4-6-18(23(27)22(15)25-14)21(16-8-10-24-11-9-16)26-17-5-7-19-20(12-17)29-13-28-19/h2-12,21,26-27H,13H2,1H3. The van der Waals surface area contributed by atoms with Crippen molar-refractivity contribution in [2.75, 3.05) is 12.1 Å². The van der Waals surface area contributed by atoms with Crippen LogP contribution in [0.5, 0.6) is 17.2 Å². The molecule has 2 aromatic carbocycles. The Morgan fingerprint density at radius 2 is 1.76 bits per heavy atom. The minimum absolute atomic E-state index is 0.168. The molecule has 2 N–H and O–H groups in total. The molecule has 0 saturated carbocycles. The second-order valence-corrected chi connectivity index (χ2v) is 6.95. The van der Waals surface area contributed by atoms with Gasteiger partial charge in [-0.25, -0.2) is 4.98 Å². The van der Waals surface area contributed by atoms with Crippen molar-refractivity contribution in [3.8, 4) is 17.2 Å². The van der Waals surface area contributed by atoms with Crippen molar-refractivity contribution in [1.29, 1.82) is 0 Å². The molecule has 5 rings (SSSR count). The number of hydrogen-bond acceptors (Lipinski definition) is 6. The summed E-state index contributed by atoms with van der Waals surface area (Å²) in [5.41, 5.74) is 4.01. The summed E-state index contributed by atoms with van der Waals surface area (Å²) in [4.78, 5) is 8.66. The van der Waals surface area contributed by atoms with E-state index in [9.17, 15) is 5.11 Å². The number of aromatic hydroxyl groups is 1. The van der Waals surface area contributed by atoms with E-state index in [0.717, 1.165) is 33.6 Å². The van der Waals surface area contributed by atoms with E-state index >= 15 is 0 Å². The fourth-order valence-electron chi connectivity index (χ4n) is 3.57. The van der Waals surface area contributed by atoms with Gasteiger partial charge in [-0.15, -0.1) is 0 Å². The first-order valence-corrected chi connectivity index (χ1v) is 9.34. The predicted molar refractivity (Wildman–Crippen MR) is 110 cm³/mol. The van der Waals surface area contributed by atoms with Crippen LogP contribution in [0.25, 0.3) is 10.9 Å². The molecule has 6 nitrogen and oxygen atoms in total. The SMILES string of the molecule is Cc1ccc2ccc(C(Nc3ccc4c(c3)OCO4)c3ccncc3)c(O)c2n1. The highest BCUT2D eigenvalue weighted by Crippen LogP contribution is 2.39. The lowest BCUT2D eigenvalue weighted by atomic mass is 9.96. The normalized spacial score (nSPS) is 13.4. The first kappa shape index (κ1) is 17.3. The third-order valence-electron chi connectivity index (χ3n) is 5.04. The van der Waals surface area contributed by atoms with Crippen LogP contribution >= 0.6 is 0 Å². The molecule has 144 valence electrons. The zero-order chi connectivity index (χ0) is 19.8. The molecule has 29 heavy (non-hydrogen) atoms. The molecule has 1 unspecified atom stereocenters. The lowest BCUT2D eigenvalue weighted by Gasteiger charge is -2.22. The molecule has 1 aliphatic heterocycles. The monoisotopic (exact) mass is 385 g/mol. The minimum Gasteiger partial charge on any atom is -0.505 e. The summed E-state index contributed by atoms with van der Waals surface area (Å²) >= 11 is 0. The summed E-state index contributed by atoms with van der Waals surface area (Å²) in [5, 5.41) is 15.5. The van der Waals surface area contributed by atoms with E-state index in [-0.39, 0.29) is 18.6 Å². The molecule has 0 spiro atoms. The van der Waals surface area contributed by atoms with E-state index in [1.165, 1.54) is 0 Å². The van der Waals surface area contributed by atoms with Crippen LogP contribution in [0.15, 0.2) is 67.0 Å². The predicted octanol–water partition coefficient (Wildman–Crippen LogP) is 4.57. The molecule has 0 fully saturated rings. The van der Waals surface area contributed by atoms with Gasteiger partial charge in [0.2, 0.25) is 6.79 Å². The number of anilines is 1. The highest BCUT2D eigenvalue weighted by Gasteiger charge is 2.21. The quantitative estimate of drug-likeness (QED) is 0.536. The molecule has 0 aliphatic carbocycles. The molecule has 0 amide bonds. The van der Waals surface area contributed by atoms with Gasteiger partial charge >= 0.3 is 0 Å². The summed E-state index contributed by atoms with van der Waals surface area (Å²) in [6.07, 6.45) is 3.48. The Morgan fingerprint density at radius 3 is 2.62 bits per heavy atom. The number of ether oxygens (including phenoxy) is 2. The highest BCUT2D eigenvalue weighted by molar-refractivity contribution is 5.86. The maximum absolute atomic E-state index is 11.1. The Balaban J connectivity index is 1.61. The average molecular weight is 385 g/mol. The first-order chi connectivity index (χ1) is 14.2. The smallest absolute Gasteiger partial charge is 0.231 e. The lowest BCUT2D eigenvalue weighted by Crippen LogP contribution is -2.13. The van der Waals surface area contributed by atoms with Gasteiger partial charge in [0.25, 0.3) is 0 Å². The fourth-order valence-corrected chi connectivity index (χ4v) is 3.57. The van der Waals surface area contributed by atoms with Crippen LogP contribution in [0.4, 0.5) is 5.69 Å². The van der Waals surface area contributed by atoms with Gasteiger partial charge in [-0.1, -0.05) is 18.2 Å². The number of aryl methyl sites for hydroxylation is 1. The molecule has 0 saturated heterocycles. The van der Waals surface area contributed by atoms with Gasteiger partial charge in [0.1, 0.15) is 11.3 Å². The van der Waals surface area contributed by atoms with Crippen LogP contribution in [0.1, 0.15) is 22.9 Å². The molecule has 1 atom stereocenters. The van der Waals surface area contributed by atoms with E-state index in [1.807, 2.05) is 61.5 Å². The van der Waals surface area contributed by atoms with Crippen molar-refractivity contribution in [2.24, 2.45) is 0 Å². The van der Waals surface area contributed by atoms with Gasteiger partial charge in [0.15, 0.2) is 11.5 Å². The van der Waals surface area contributed by atoms with Crippen molar-refractivity contribution >= 4 is 16.6 Å². The molecule has 0 bridgehead atoms. The molecule has 6 heteroatoms. The topological polar surface area (TPSA) is 76.5 Å². The maximum Gasteiger partial charge on any atom is 0.231 e. The molecule has 3 heterocycles. The van der Waals surface area contributed by atoms with Gasteiger partial charge in [-0.2, -0.15) is 0 Å². The Hall–Kier alpha value is -3.80. The van der Waals surface area contributed by atoms with E-state index in [0.29, 0.717) is 11.3 Å². The van der Waals surface area contributed by atoms with Gasteiger partial charge in [0.05, 0.1) is 6.04 Å². The van der Waals surface area contributed by atoms with Gasteiger partial charge < -0.3 is 19.9 Å². The van der Waals surface area contributed by atoms with Gasteiger partial charge in [0, 0.05) is 40.8 Å². The van der Waals surface area contributed by atoms with E-state index in [2.05, 4.69) is 15.3 Å². The molecular formula is C23H19N3O3. The molecule has 4 aromatic rings. The number of phenolic OH excluding ortho intramolecular Hbond substituents is 1. The lowest BCUT2D eigenvalue weighted by molar-refractivity contribution is 0.174. The fraction of sp³-hybridized carbons (Fsp3) is 0.130. The number of nitrogens with zero attached hydrogens (tertiary/aromatic N) is 2. The van der Waals surface area contributed by atoms with E-state index < -0.39 is 0 Å².